The van der Waals surface area contributed by atoms with Crippen molar-refractivity contribution >= 4 is 35.2 Å². The molecule has 1 fully saturated rings. The fourth-order valence-electron chi connectivity index (χ4n) is 2.12. The molecule has 2 N–H and O–H groups in total. The van der Waals surface area contributed by atoms with Crippen LogP contribution in [0.4, 0.5) is 5.69 Å². The second-order valence-electron chi connectivity index (χ2n) is 4.79. The number of carbonyl (C=O) groups is 3. The average molecular weight is 358 g/mol. The third kappa shape index (κ3) is 4.70. The zero-order chi connectivity index (χ0) is 16.1. The predicted molar refractivity (Wildman–Crippen MR) is 84.4 cm³/mol. The van der Waals surface area contributed by atoms with Crippen LogP contribution in [0.25, 0.3) is 0 Å². The molecule has 126 valence electrons. The van der Waals surface area contributed by atoms with E-state index in [-0.39, 0.29) is 43.0 Å². The molecular formula is C15H18ClN2O4S-. The Kier molecular flexibility index (Phi) is 7.54. The summed E-state index contributed by atoms with van der Waals surface area (Å²) in [6.07, 6.45) is 0.119. The monoisotopic (exact) mass is 357 g/mol. The van der Waals surface area contributed by atoms with Crippen LogP contribution in [0.2, 0.25) is 0 Å². The first-order chi connectivity index (χ1) is 10.5. The predicted octanol–water partition coefficient (Wildman–Crippen LogP) is -2.05. The van der Waals surface area contributed by atoms with Crippen molar-refractivity contribution in [2.45, 2.75) is 24.6 Å². The van der Waals surface area contributed by atoms with Crippen molar-refractivity contribution in [3.63, 3.8) is 0 Å². The minimum Gasteiger partial charge on any atom is -1.00 e. The van der Waals surface area contributed by atoms with Gasteiger partial charge in [0.2, 0.25) is 11.8 Å². The molecule has 0 spiro atoms. The minimum absolute atomic E-state index is 0. The number of benzene rings is 1. The molecule has 8 heteroatoms. The quantitative estimate of drug-likeness (QED) is 0.465. The summed E-state index contributed by atoms with van der Waals surface area (Å²) in [5.41, 5.74) is 6.27. The summed E-state index contributed by atoms with van der Waals surface area (Å²) in [7, 11) is 0. The van der Waals surface area contributed by atoms with Crippen molar-refractivity contribution in [2.24, 2.45) is 5.73 Å². The number of para-hydroxylation sites is 1. The molecule has 2 unspecified atom stereocenters. The summed E-state index contributed by atoms with van der Waals surface area (Å²) < 4.78 is 4.82. The largest absolute Gasteiger partial charge is 1.00 e. The number of esters is 1. The van der Waals surface area contributed by atoms with E-state index in [9.17, 15) is 14.4 Å². The van der Waals surface area contributed by atoms with Gasteiger partial charge in [0, 0.05) is 12.2 Å². The minimum atomic E-state index is -0.793. The zero-order valence-corrected chi connectivity index (χ0v) is 14.2. The van der Waals surface area contributed by atoms with Crippen LogP contribution in [0.15, 0.2) is 30.3 Å². The van der Waals surface area contributed by atoms with E-state index in [4.69, 9.17) is 10.5 Å². The number of ether oxygens (including phenoxy) is 1. The van der Waals surface area contributed by atoms with Crippen LogP contribution in [0.5, 0.6) is 0 Å². The SMILES string of the molecule is CCOC(=O)C(N)CSC1CC(=O)N(c2ccccc2)C1=O.[Cl-]. The summed E-state index contributed by atoms with van der Waals surface area (Å²) in [6, 6.07) is 8.00. The Morgan fingerprint density at radius 1 is 1.39 bits per heavy atom. The summed E-state index contributed by atoms with van der Waals surface area (Å²) in [5, 5.41) is -0.506. The molecule has 2 amide bonds. The van der Waals surface area contributed by atoms with E-state index in [1.165, 1.54) is 16.7 Å². The molecule has 6 nitrogen and oxygen atoms in total. The molecule has 0 radical (unpaired) electrons. The first kappa shape index (κ1) is 19.5. The lowest BCUT2D eigenvalue weighted by Gasteiger charge is -2.15. The van der Waals surface area contributed by atoms with Crippen LogP contribution in [-0.4, -0.2) is 41.4 Å². The van der Waals surface area contributed by atoms with Gasteiger partial charge in [0.15, 0.2) is 0 Å². The Morgan fingerprint density at radius 2 is 2.04 bits per heavy atom. The normalized spacial score (nSPS) is 18.5. The molecule has 0 saturated carbocycles. The molecule has 1 heterocycles. The number of nitrogens with two attached hydrogens (primary N) is 1. The van der Waals surface area contributed by atoms with Gasteiger partial charge in [0.25, 0.3) is 0 Å². The van der Waals surface area contributed by atoms with Gasteiger partial charge in [-0.3, -0.25) is 14.4 Å². The Bertz CT molecular complexity index is 570. The number of hydrogen-bond acceptors (Lipinski definition) is 6. The number of nitrogens with zero attached hydrogens (tertiary/aromatic N) is 1. The lowest BCUT2D eigenvalue weighted by molar-refractivity contribution is -0.144. The number of rotatable bonds is 6. The number of anilines is 1. The summed E-state index contributed by atoms with van der Waals surface area (Å²) in [5.74, 6) is -0.757. The van der Waals surface area contributed by atoms with Crippen LogP contribution in [0, 0.1) is 0 Å². The molecule has 1 saturated heterocycles. The van der Waals surface area contributed by atoms with Gasteiger partial charge >= 0.3 is 5.97 Å². The van der Waals surface area contributed by atoms with Gasteiger partial charge in [-0.25, -0.2) is 4.90 Å². The van der Waals surface area contributed by atoms with E-state index in [1.807, 2.05) is 6.07 Å². The summed E-state index contributed by atoms with van der Waals surface area (Å²) in [4.78, 5) is 37.0. The van der Waals surface area contributed by atoms with Gasteiger partial charge in [-0.15, -0.1) is 11.8 Å². The molecule has 2 rings (SSSR count). The third-order valence-electron chi connectivity index (χ3n) is 3.19. The Morgan fingerprint density at radius 3 is 2.65 bits per heavy atom. The van der Waals surface area contributed by atoms with Gasteiger partial charge in [-0.1, -0.05) is 18.2 Å². The van der Waals surface area contributed by atoms with E-state index < -0.39 is 17.3 Å². The van der Waals surface area contributed by atoms with Gasteiger partial charge in [-0.05, 0) is 19.1 Å². The molecule has 1 aliphatic rings. The van der Waals surface area contributed by atoms with Crippen molar-refractivity contribution in [1.29, 1.82) is 0 Å². The fraction of sp³-hybridized carbons (Fsp3) is 0.400. The highest BCUT2D eigenvalue weighted by Crippen LogP contribution is 2.29. The zero-order valence-electron chi connectivity index (χ0n) is 12.6. The molecule has 0 aromatic heterocycles. The number of imide groups is 1. The van der Waals surface area contributed by atoms with Gasteiger partial charge in [-0.2, -0.15) is 0 Å². The molecule has 1 aromatic rings. The van der Waals surface area contributed by atoms with Crippen molar-refractivity contribution in [1.82, 2.24) is 0 Å². The average Bonchev–Trinajstić information content (AvgIpc) is 2.80. The van der Waals surface area contributed by atoms with Crippen LogP contribution >= 0.6 is 11.8 Å². The summed E-state index contributed by atoms with van der Waals surface area (Å²) in [6.45, 7) is 1.97. The Labute approximate surface area is 145 Å². The van der Waals surface area contributed by atoms with Crippen molar-refractivity contribution in [3.8, 4) is 0 Å². The van der Waals surface area contributed by atoms with Gasteiger partial charge < -0.3 is 22.9 Å². The molecular weight excluding hydrogens is 340 g/mol. The highest BCUT2D eigenvalue weighted by atomic mass is 35.5. The van der Waals surface area contributed by atoms with E-state index in [1.54, 1.807) is 31.2 Å². The third-order valence-corrected chi connectivity index (χ3v) is 4.51. The summed E-state index contributed by atoms with van der Waals surface area (Å²) >= 11 is 1.22. The Balaban J connectivity index is 0.00000264. The maximum atomic E-state index is 12.4. The maximum Gasteiger partial charge on any atom is 0.323 e. The van der Waals surface area contributed by atoms with E-state index in [0.29, 0.717) is 5.69 Å². The van der Waals surface area contributed by atoms with Crippen molar-refractivity contribution in [2.75, 3.05) is 17.3 Å². The number of amides is 2. The van der Waals surface area contributed by atoms with E-state index >= 15 is 0 Å². The number of halogens is 1. The second-order valence-corrected chi connectivity index (χ2v) is 6.02. The smallest absolute Gasteiger partial charge is 0.323 e. The van der Waals surface area contributed by atoms with Crippen LogP contribution in [0.1, 0.15) is 13.3 Å². The molecule has 0 aliphatic carbocycles. The molecule has 1 aromatic carbocycles. The second kappa shape index (κ2) is 8.90. The van der Waals surface area contributed by atoms with Gasteiger partial charge in [0.1, 0.15) is 6.04 Å². The topological polar surface area (TPSA) is 89.7 Å². The molecule has 0 bridgehead atoms. The highest BCUT2D eigenvalue weighted by molar-refractivity contribution is 8.00. The van der Waals surface area contributed by atoms with E-state index in [2.05, 4.69) is 0 Å². The number of hydrogen-bond donors (Lipinski definition) is 1. The standard InChI is InChI=1S/C15H18N2O4S.ClH/c1-2-21-15(20)11(16)9-22-12-8-13(18)17(14(12)19)10-6-4-3-5-7-10;/h3-7,11-12H,2,8-9,16H2,1H3;1H/p-1. The van der Waals surface area contributed by atoms with Crippen molar-refractivity contribution < 1.29 is 31.5 Å². The molecule has 1 aliphatic heterocycles. The first-order valence-electron chi connectivity index (χ1n) is 7.00. The van der Waals surface area contributed by atoms with E-state index in [0.717, 1.165) is 0 Å². The van der Waals surface area contributed by atoms with Crippen LogP contribution in [-0.2, 0) is 19.1 Å². The molecule has 23 heavy (non-hydrogen) atoms. The van der Waals surface area contributed by atoms with Gasteiger partial charge in [0.05, 0.1) is 17.5 Å². The number of carbonyl (C=O) groups excluding carboxylic acids is 3. The Hall–Kier alpha value is -1.57. The lowest BCUT2D eigenvalue weighted by atomic mass is 10.3. The lowest BCUT2D eigenvalue weighted by Crippen LogP contribution is -3.00. The maximum absolute atomic E-state index is 12.4. The van der Waals surface area contributed by atoms with Crippen molar-refractivity contribution in [3.05, 3.63) is 30.3 Å². The fourth-order valence-corrected chi connectivity index (χ4v) is 3.20. The van der Waals surface area contributed by atoms with Crippen LogP contribution < -0.4 is 23.0 Å². The molecule has 2 atom stereocenters. The first-order valence-corrected chi connectivity index (χ1v) is 8.05. The highest BCUT2D eigenvalue weighted by Gasteiger charge is 2.40. The number of thioether (sulfide) groups is 1. The van der Waals surface area contributed by atoms with Crippen LogP contribution in [0.3, 0.4) is 0 Å².